The largest absolute Gasteiger partial charge is 0.508 e. The van der Waals surface area contributed by atoms with Gasteiger partial charge in [-0.3, -0.25) is 4.79 Å². The van der Waals surface area contributed by atoms with E-state index in [1.54, 1.807) is 0 Å². The van der Waals surface area contributed by atoms with E-state index >= 15 is 0 Å². The third kappa shape index (κ3) is 1.81. The van der Waals surface area contributed by atoms with Crippen LogP contribution >= 0.6 is 11.6 Å². The van der Waals surface area contributed by atoms with Crippen molar-refractivity contribution in [3.05, 3.63) is 29.0 Å². The Bertz CT molecular complexity index is 640. The van der Waals surface area contributed by atoms with Gasteiger partial charge >= 0.3 is 0 Å². The van der Waals surface area contributed by atoms with Crippen LogP contribution in [-0.2, 0) is 0 Å². The molecule has 5 nitrogen and oxygen atoms in total. The number of aromatic nitrogens is 1. The second-order valence-corrected chi connectivity index (χ2v) is 3.65. The lowest BCUT2D eigenvalue weighted by atomic mass is 10.1. The fourth-order valence-electron chi connectivity index (χ4n) is 1.47. The summed E-state index contributed by atoms with van der Waals surface area (Å²) in [5.41, 5.74) is -0.261. The molecule has 0 aliphatic heterocycles. The number of fused-ring (bicyclic) bond motifs is 1. The lowest BCUT2D eigenvalue weighted by Crippen LogP contribution is -2.00. The Hall–Kier alpha value is -2.14. The van der Waals surface area contributed by atoms with Gasteiger partial charge in [0.25, 0.3) is 5.91 Å². The first kappa shape index (κ1) is 11.3. The molecule has 0 saturated heterocycles. The van der Waals surface area contributed by atoms with Gasteiger partial charge in [-0.25, -0.2) is 9.98 Å². The van der Waals surface area contributed by atoms with Crippen LogP contribution in [0.3, 0.4) is 0 Å². The zero-order valence-corrected chi connectivity index (χ0v) is 9.27. The summed E-state index contributed by atoms with van der Waals surface area (Å²) in [7, 11) is 0. The minimum atomic E-state index is -0.764. The summed E-state index contributed by atoms with van der Waals surface area (Å²) in [6.07, 6.45) is 0. The van der Waals surface area contributed by atoms with Gasteiger partial charge in [-0.15, -0.1) is 0 Å². The molecular weight excluding hydrogens is 244 g/mol. The van der Waals surface area contributed by atoms with E-state index in [9.17, 15) is 15.0 Å². The van der Waals surface area contributed by atoms with E-state index in [1.165, 1.54) is 18.2 Å². The molecule has 0 spiro atoms. The summed E-state index contributed by atoms with van der Waals surface area (Å²) < 4.78 is 0. The number of aromatic hydroxyl groups is 2. The first-order valence-corrected chi connectivity index (χ1v) is 4.94. The number of hydrogen-bond donors (Lipinski definition) is 2. The van der Waals surface area contributed by atoms with Crippen LogP contribution in [0.5, 0.6) is 11.5 Å². The van der Waals surface area contributed by atoms with Gasteiger partial charge < -0.3 is 10.2 Å². The van der Waals surface area contributed by atoms with Crippen molar-refractivity contribution in [2.24, 2.45) is 4.99 Å². The molecule has 2 aromatic rings. The van der Waals surface area contributed by atoms with Crippen LogP contribution in [0.1, 0.15) is 10.5 Å². The zero-order valence-electron chi connectivity index (χ0n) is 8.51. The summed E-state index contributed by atoms with van der Waals surface area (Å²) >= 11 is 5.86. The predicted molar refractivity (Wildman–Crippen MR) is 64.0 cm³/mol. The van der Waals surface area contributed by atoms with Crippen molar-refractivity contribution in [1.82, 2.24) is 4.98 Å². The Labute approximate surface area is 101 Å². The minimum absolute atomic E-state index is 0.000648. The van der Waals surface area contributed by atoms with Gasteiger partial charge in [0.15, 0.2) is 11.4 Å². The Morgan fingerprint density at radius 1 is 1.35 bits per heavy atom. The Morgan fingerprint density at radius 3 is 2.71 bits per heavy atom. The maximum atomic E-state index is 11.3. The van der Waals surface area contributed by atoms with Gasteiger partial charge in [0.1, 0.15) is 10.9 Å². The molecule has 0 aliphatic rings. The molecule has 1 amide bonds. The van der Waals surface area contributed by atoms with Crippen molar-refractivity contribution in [3.8, 4) is 11.5 Å². The molecule has 2 N–H and O–H groups in total. The third-order valence-electron chi connectivity index (χ3n) is 2.26. The Balaban J connectivity index is 2.85. The molecule has 0 bridgehead atoms. The van der Waals surface area contributed by atoms with Crippen molar-refractivity contribution in [3.63, 3.8) is 0 Å². The number of phenolic OH excluding ortho intramolecular Hbond substituents is 1. The monoisotopic (exact) mass is 250 g/mol. The van der Waals surface area contributed by atoms with Crippen molar-refractivity contribution in [1.29, 1.82) is 0 Å². The quantitative estimate of drug-likeness (QED) is 0.600. The average molecular weight is 251 g/mol. The molecule has 1 heterocycles. The topological polar surface area (TPSA) is 82.8 Å². The van der Waals surface area contributed by atoms with E-state index < -0.39 is 5.91 Å². The highest BCUT2D eigenvalue weighted by Crippen LogP contribution is 2.34. The molecule has 6 heteroatoms. The molecule has 0 unspecified atom stereocenters. The summed E-state index contributed by atoms with van der Waals surface area (Å²) in [6.45, 7) is 3.07. The van der Waals surface area contributed by atoms with Gasteiger partial charge in [-0.1, -0.05) is 11.6 Å². The van der Waals surface area contributed by atoms with E-state index in [2.05, 4.69) is 16.7 Å². The number of carbonyl (C=O) groups excluding carboxylic acids is 1. The van der Waals surface area contributed by atoms with Crippen LogP contribution in [0.15, 0.2) is 23.2 Å². The number of benzene rings is 1. The van der Waals surface area contributed by atoms with Crippen LogP contribution in [0.2, 0.25) is 5.15 Å². The lowest BCUT2D eigenvalue weighted by molar-refractivity contribution is 0.0996. The molecule has 0 fully saturated rings. The van der Waals surface area contributed by atoms with Crippen LogP contribution in [0.25, 0.3) is 10.8 Å². The van der Waals surface area contributed by atoms with Crippen LogP contribution < -0.4 is 0 Å². The molecule has 86 valence electrons. The molecule has 0 aliphatic carbocycles. The fraction of sp³-hybridized carbons (Fsp3) is 0. The van der Waals surface area contributed by atoms with E-state index in [0.29, 0.717) is 10.8 Å². The first-order chi connectivity index (χ1) is 8.04. The number of carbonyl (C=O) groups is 1. The number of halogens is 1. The Morgan fingerprint density at radius 2 is 2.06 bits per heavy atom. The smallest absolute Gasteiger partial charge is 0.298 e. The fourth-order valence-corrected chi connectivity index (χ4v) is 1.71. The second kappa shape index (κ2) is 4.03. The normalized spacial score (nSPS) is 10.4. The number of pyridine rings is 1. The summed E-state index contributed by atoms with van der Waals surface area (Å²) in [5.74, 6) is -1.11. The van der Waals surface area contributed by atoms with Gasteiger partial charge in [0.05, 0.1) is 0 Å². The molecule has 1 aromatic heterocycles. The van der Waals surface area contributed by atoms with E-state index in [4.69, 9.17) is 11.6 Å². The molecule has 0 saturated carbocycles. The van der Waals surface area contributed by atoms with E-state index in [1.807, 2.05) is 0 Å². The minimum Gasteiger partial charge on any atom is -0.508 e. The standard InChI is InChI=1S/C11H7ClN2O3/c1-13-11(17)8-9(16)6-3-2-5(15)4-7(6)10(12)14-8/h2-4,15-16H,1H2. The summed E-state index contributed by atoms with van der Waals surface area (Å²) in [6, 6.07) is 4.15. The van der Waals surface area contributed by atoms with Crippen molar-refractivity contribution >= 4 is 35.0 Å². The number of rotatable bonds is 1. The highest BCUT2D eigenvalue weighted by atomic mass is 35.5. The maximum absolute atomic E-state index is 11.3. The van der Waals surface area contributed by atoms with Crippen LogP contribution in [0, 0.1) is 0 Å². The predicted octanol–water partition coefficient (Wildman–Crippen LogP) is 2.14. The molecular formula is C11H7ClN2O3. The van der Waals surface area contributed by atoms with E-state index in [0.717, 1.165) is 0 Å². The summed E-state index contributed by atoms with van der Waals surface area (Å²) in [4.78, 5) is 18.2. The first-order valence-electron chi connectivity index (χ1n) is 4.57. The van der Waals surface area contributed by atoms with Gasteiger partial charge in [0, 0.05) is 10.8 Å². The number of amides is 1. The van der Waals surface area contributed by atoms with Crippen molar-refractivity contribution in [2.45, 2.75) is 0 Å². The van der Waals surface area contributed by atoms with Crippen molar-refractivity contribution < 1.29 is 15.0 Å². The summed E-state index contributed by atoms with van der Waals surface area (Å²) in [5, 5.41) is 19.8. The SMILES string of the molecule is C=NC(=O)c1nc(Cl)c2cc(O)ccc2c1O. The number of nitrogens with zero attached hydrogens (tertiary/aromatic N) is 2. The second-order valence-electron chi connectivity index (χ2n) is 3.29. The lowest BCUT2D eigenvalue weighted by Gasteiger charge is -2.06. The molecule has 2 rings (SSSR count). The highest BCUT2D eigenvalue weighted by Gasteiger charge is 2.17. The number of hydrogen-bond acceptors (Lipinski definition) is 4. The van der Waals surface area contributed by atoms with Gasteiger partial charge in [-0.05, 0) is 24.9 Å². The molecule has 0 atom stereocenters. The average Bonchev–Trinajstić information content (AvgIpc) is 2.32. The molecule has 0 radical (unpaired) electrons. The third-order valence-corrected chi connectivity index (χ3v) is 2.55. The number of phenols is 1. The van der Waals surface area contributed by atoms with Gasteiger partial charge in [0.2, 0.25) is 0 Å². The van der Waals surface area contributed by atoms with Gasteiger partial charge in [-0.2, -0.15) is 0 Å². The maximum Gasteiger partial charge on any atom is 0.298 e. The van der Waals surface area contributed by atoms with Crippen molar-refractivity contribution in [2.75, 3.05) is 0 Å². The highest BCUT2D eigenvalue weighted by molar-refractivity contribution is 6.35. The van der Waals surface area contributed by atoms with Crippen LogP contribution in [-0.4, -0.2) is 27.8 Å². The Kier molecular flexibility index (Phi) is 2.69. The molecule has 1 aromatic carbocycles. The van der Waals surface area contributed by atoms with Crippen LogP contribution in [0.4, 0.5) is 0 Å². The van der Waals surface area contributed by atoms with E-state index in [-0.39, 0.29) is 22.3 Å². The zero-order chi connectivity index (χ0) is 12.6. The molecule has 17 heavy (non-hydrogen) atoms. The number of aliphatic imine (C=N–C) groups is 1.